The highest BCUT2D eigenvalue weighted by Gasteiger charge is 2.19. The summed E-state index contributed by atoms with van der Waals surface area (Å²) in [5.41, 5.74) is -0.345. The highest BCUT2D eigenvalue weighted by molar-refractivity contribution is 7.98. The normalized spacial score (nSPS) is 10.4. The molecule has 0 radical (unpaired) electrons. The van der Waals surface area contributed by atoms with Crippen molar-refractivity contribution in [3.8, 4) is 0 Å². The molecule has 0 atom stereocenters. The highest BCUT2D eigenvalue weighted by atomic mass is 32.2. The summed E-state index contributed by atoms with van der Waals surface area (Å²) >= 11 is 3.35. The molecule has 0 aliphatic rings. The first-order valence-corrected chi connectivity index (χ1v) is 9.71. The summed E-state index contributed by atoms with van der Waals surface area (Å²) < 4.78 is 27.1. The van der Waals surface area contributed by atoms with Crippen LogP contribution in [0.25, 0.3) is 0 Å². The van der Waals surface area contributed by atoms with Gasteiger partial charge in [-0.3, -0.25) is 10.1 Å². The van der Waals surface area contributed by atoms with Crippen LogP contribution in [0, 0.1) is 11.6 Å². The maximum absolute atomic E-state index is 13.6. The predicted octanol–water partition coefficient (Wildman–Crippen LogP) is 5.28. The molecule has 0 aliphatic carbocycles. The fourth-order valence-electron chi connectivity index (χ4n) is 2.23. The molecule has 0 saturated heterocycles. The summed E-state index contributed by atoms with van der Waals surface area (Å²) in [5.74, 6) is -2.36. The molecule has 1 heterocycles. The molecule has 0 unspecified atom stereocenters. The topological polar surface area (TPSA) is 58.2 Å². The van der Waals surface area contributed by atoms with Crippen LogP contribution in [0.2, 0.25) is 0 Å². The molecule has 4 nitrogen and oxygen atoms in total. The summed E-state index contributed by atoms with van der Waals surface area (Å²) in [5, 5.41) is 6.39. The molecule has 0 bridgehead atoms. The average Bonchev–Trinajstić information content (AvgIpc) is 3.14. The Bertz CT molecular complexity index is 925. The molecule has 0 aliphatic heterocycles. The Hall–Kier alpha value is -2.71. The number of halogens is 2. The number of rotatable bonds is 5. The summed E-state index contributed by atoms with van der Waals surface area (Å²) in [6.07, 6.45) is 0. The third-order valence-corrected chi connectivity index (χ3v) is 5.61. The van der Waals surface area contributed by atoms with Gasteiger partial charge in [-0.15, -0.1) is 23.1 Å². The monoisotopic (exact) mass is 404 g/mol. The molecule has 0 saturated carbocycles. The van der Waals surface area contributed by atoms with E-state index >= 15 is 0 Å². The van der Waals surface area contributed by atoms with E-state index in [0.29, 0.717) is 5.69 Å². The predicted molar refractivity (Wildman–Crippen MR) is 103 cm³/mol. The van der Waals surface area contributed by atoms with E-state index < -0.39 is 29.1 Å². The lowest BCUT2D eigenvalue weighted by atomic mass is 10.2. The second-order valence-electron chi connectivity index (χ2n) is 5.40. The molecule has 3 amide bonds. The van der Waals surface area contributed by atoms with Crippen LogP contribution in [0.1, 0.15) is 15.2 Å². The van der Waals surface area contributed by atoms with E-state index in [2.05, 4.69) is 11.4 Å². The first kappa shape index (κ1) is 19.1. The number of hydrogen-bond donors (Lipinski definition) is 2. The number of amides is 3. The number of imide groups is 1. The molecule has 8 heteroatoms. The van der Waals surface area contributed by atoms with E-state index in [4.69, 9.17) is 0 Å². The van der Waals surface area contributed by atoms with Gasteiger partial charge in [0, 0.05) is 21.2 Å². The minimum atomic E-state index is -1.15. The van der Waals surface area contributed by atoms with Crippen molar-refractivity contribution in [1.82, 2.24) is 5.32 Å². The zero-order valence-electron chi connectivity index (χ0n) is 13.9. The Kier molecular flexibility index (Phi) is 6.20. The van der Waals surface area contributed by atoms with Gasteiger partial charge in [0.2, 0.25) is 0 Å². The van der Waals surface area contributed by atoms with Crippen LogP contribution in [0.3, 0.4) is 0 Å². The SMILES string of the molecule is O=C(NC(=O)c1c(F)cccc1F)Nc1ccc(SCc2cccs2)cc1. The van der Waals surface area contributed by atoms with Gasteiger partial charge in [-0.25, -0.2) is 13.6 Å². The lowest BCUT2D eigenvalue weighted by Crippen LogP contribution is -2.35. The van der Waals surface area contributed by atoms with E-state index in [0.717, 1.165) is 28.8 Å². The molecular formula is C19H14F2N2O2S2. The van der Waals surface area contributed by atoms with Crippen molar-refractivity contribution in [3.05, 3.63) is 82.1 Å². The van der Waals surface area contributed by atoms with Gasteiger partial charge >= 0.3 is 6.03 Å². The van der Waals surface area contributed by atoms with Crippen molar-refractivity contribution in [2.24, 2.45) is 0 Å². The number of benzene rings is 2. The highest BCUT2D eigenvalue weighted by Crippen LogP contribution is 2.26. The van der Waals surface area contributed by atoms with Gasteiger partial charge in [-0.05, 0) is 47.8 Å². The van der Waals surface area contributed by atoms with Crippen LogP contribution in [0.15, 0.2) is 64.9 Å². The second-order valence-corrected chi connectivity index (χ2v) is 7.48. The van der Waals surface area contributed by atoms with Gasteiger partial charge in [-0.2, -0.15) is 0 Å². The van der Waals surface area contributed by atoms with Crippen LogP contribution < -0.4 is 10.6 Å². The number of carbonyl (C=O) groups excluding carboxylic acids is 2. The number of nitrogens with one attached hydrogen (secondary N) is 2. The van der Waals surface area contributed by atoms with Crippen LogP contribution in [-0.4, -0.2) is 11.9 Å². The number of anilines is 1. The molecule has 1 aromatic heterocycles. The lowest BCUT2D eigenvalue weighted by molar-refractivity contribution is 0.0959. The van der Waals surface area contributed by atoms with Gasteiger partial charge < -0.3 is 5.32 Å². The third kappa shape index (κ3) is 5.15. The van der Waals surface area contributed by atoms with Crippen molar-refractivity contribution in [2.45, 2.75) is 10.6 Å². The Morgan fingerprint density at radius 1 is 0.963 bits per heavy atom. The van der Waals surface area contributed by atoms with E-state index in [1.54, 1.807) is 35.2 Å². The standard InChI is InChI=1S/C19H14F2N2O2S2/c20-15-4-1-5-16(21)17(15)18(24)23-19(25)22-12-6-8-13(9-7-12)27-11-14-3-2-10-26-14/h1-10H,11H2,(H2,22,23,24,25). The molecule has 2 N–H and O–H groups in total. The van der Waals surface area contributed by atoms with E-state index in [-0.39, 0.29) is 0 Å². The number of urea groups is 1. The molecule has 27 heavy (non-hydrogen) atoms. The molecule has 0 spiro atoms. The molecule has 2 aromatic carbocycles. The summed E-state index contributed by atoms with van der Waals surface area (Å²) in [4.78, 5) is 26.1. The fourth-order valence-corrected chi connectivity index (χ4v) is 3.90. The second kappa shape index (κ2) is 8.79. The first-order chi connectivity index (χ1) is 13.0. The Morgan fingerprint density at radius 3 is 2.30 bits per heavy atom. The number of hydrogen-bond acceptors (Lipinski definition) is 4. The first-order valence-electron chi connectivity index (χ1n) is 7.84. The fraction of sp³-hybridized carbons (Fsp3) is 0.0526. The van der Waals surface area contributed by atoms with Gasteiger partial charge in [0.15, 0.2) is 0 Å². The van der Waals surface area contributed by atoms with Crippen LogP contribution in [0.5, 0.6) is 0 Å². The smallest absolute Gasteiger partial charge is 0.308 e. The van der Waals surface area contributed by atoms with Gasteiger partial charge in [0.1, 0.15) is 17.2 Å². The van der Waals surface area contributed by atoms with E-state index in [9.17, 15) is 18.4 Å². The molecular weight excluding hydrogens is 390 g/mol. The maximum Gasteiger partial charge on any atom is 0.326 e. The van der Waals surface area contributed by atoms with E-state index in [1.807, 2.05) is 28.9 Å². The summed E-state index contributed by atoms with van der Waals surface area (Å²) in [6.45, 7) is 0. The Balaban J connectivity index is 1.55. The Labute approximate surface area is 162 Å². The largest absolute Gasteiger partial charge is 0.326 e. The zero-order valence-corrected chi connectivity index (χ0v) is 15.5. The van der Waals surface area contributed by atoms with Crippen LogP contribution >= 0.6 is 23.1 Å². The Morgan fingerprint density at radius 2 is 1.67 bits per heavy atom. The average molecular weight is 404 g/mol. The molecule has 0 fully saturated rings. The zero-order chi connectivity index (χ0) is 19.2. The molecule has 3 rings (SSSR count). The number of carbonyl (C=O) groups is 2. The van der Waals surface area contributed by atoms with Gasteiger partial charge in [0.25, 0.3) is 5.91 Å². The number of thioether (sulfide) groups is 1. The molecule has 3 aromatic rings. The lowest BCUT2D eigenvalue weighted by Gasteiger charge is -2.08. The van der Waals surface area contributed by atoms with Gasteiger partial charge in [0.05, 0.1) is 0 Å². The minimum absolute atomic E-state index is 0.453. The third-order valence-electron chi connectivity index (χ3n) is 3.49. The van der Waals surface area contributed by atoms with Crippen molar-refractivity contribution >= 4 is 40.7 Å². The summed E-state index contributed by atoms with van der Waals surface area (Å²) in [6, 6.07) is 13.3. The van der Waals surface area contributed by atoms with Crippen molar-refractivity contribution in [1.29, 1.82) is 0 Å². The van der Waals surface area contributed by atoms with Gasteiger partial charge in [-0.1, -0.05) is 12.1 Å². The molecule has 138 valence electrons. The maximum atomic E-state index is 13.6. The summed E-state index contributed by atoms with van der Waals surface area (Å²) in [7, 11) is 0. The van der Waals surface area contributed by atoms with Crippen molar-refractivity contribution in [3.63, 3.8) is 0 Å². The number of thiophene rings is 1. The van der Waals surface area contributed by atoms with Crippen molar-refractivity contribution in [2.75, 3.05) is 5.32 Å². The van der Waals surface area contributed by atoms with Crippen LogP contribution in [-0.2, 0) is 5.75 Å². The van der Waals surface area contributed by atoms with Crippen molar-refractivity contribution < 1.29 is 18.4 Å². The van der Waals surface area contributed by atoms with Crippen LogP contribution in [0.4, 0.5) is 19.3 Å². The minimum Gasteiger partial charge on any atom is -0.308 e. The quantitative estimate of drug-likeness (QED) is 0.569. The van der Waals surface area contributed by atoms with E-state index in [1.165, 1.54) is 4.88 Å².